The van der Waals surface area contributed by atoms with Crippen molar-refractivity contribution < 1.29 is 4.74 Å². The van der Waals surface area contributed by atoms with Gasteiger partial charge in [-0.15, -0.1) is 0 Å². The van der Waals surface area contributed by atoms with E-state index < -0.39 is 0 Å². The van der Waals surface area contributed by atoms with Gasteiger partial charge in [0.2, 0.25) is 0 Å². The molecule has 0 aliphatic carbocycles. The van der Waals surface area contributed by atoms with Crippen LogP contribution in [0.3, 0.4) is 0 Å². The molecule has 0 radical (unpaired) electrons. The van der Waals surface area contributed by atoms with Crippen LogP contribution in [-0.2, 0) is 4.74 Å². The van der Waals surface area contributed by atoms with E-state index in [1.54, 1.807) is 0 Å². The van der Waals surface area contributed by atoms with E-state index in [1.807, 2.05) is 6.07 Å². The number of benzene rings is 1. The third-order valence-electron chi connectivity index (χ3n) is 4.48. The average Bonchev–Trinajstić information content (AvgIpc) is 2.49. The fourth-order valence-electron chi connectivity index (χ4n) is 3.52. The topological polar surface area (TPSA) is 24.5 Å². The van der Waals surface area contributed by atoms with Crippen LogP contribution in [0, 0.1) is 5.92 Å². The molecule has 0 amide bonds. The molecule has 0 aromatic heterocycles. The monoisotopic (exact) mass is 328 g/mol. The number of halogens is 2. The molecule has 2 fully saturated rings. The van der Waals surface area contributed by atoms with Gasteiger partial charge in [0.1, 0.15) is 0 Å². The van der Waals surface area contributed by atoms with Gasteiger partial charge >= 0.3 is 0 Å². The first-order chi connectivity index (χ1) is 10.2. The van der Waals surface area contributed by atoms with Gasteiger partial charge in [0.25, 0.3) is 0 Å². The Balaban J connectivity index is 1.89. The summed E-state index contributed by atoms with van der Waals surface area (Å²) in [7, 11) is 0. The Labute approximate surface area is 136 Å². The van der Waals surface area contributed by atoms with Crippen LogP contribution in [0.1, 0.15) is 24.4 Å². The van der Waals surface area contributed by atoms with E-state index in [4.69, 9.17) is 27.9 Å². The predicted octanol–water partition coefficient (Wildman–Crippen LogP) is 3.37. The average molecular weight is 329 g/mol. The van der Waals surface area contributed by atoms with E-state index in [-0.39, 0.29) is 0 Å². The van der Waals surface area contributed by atoms with E-state index >= 15 is 0 Å². The Morgan fingerprint density at radius 1 is 1.05 bits per heavy atom. The largest absolute Gasteiger partial charge is 0.381 e. The first-order valence-electron chi connectivity index (χ1n) is 7.72. The lowest BCUT2D eigenvalue weighted by molar-refractivity contribution is 0.0213. The summed E-state index contributed by atoms with van der Waals surface area (Å²) in [4.78, 5) is 2.58. The second-order valence-corrected chi connectivity index (χ2v) is 6.76. The summed E-state index contributed by atoms with van der Waals surface area (Å²) in [6, 6.07) is 6.36. The number of nitrogens with zero attached hydrogens (tertiary/aromatic N) is 1. The minimum absolute atomic E-state index is 0.396. The van der Waals surface area contributed by atoms with Crippen molar-refractivity contribution in [3.05, 3.63) is 33.8 Å². The molecule has 3 rings (SSSR count). The Morgan fingerprint density at radius 2 is 1.67 bits per heavy atom. The summed E-state index contributed by atoms with van der Waals surface area (Å²) in [6.07, 6.45) is 2.22. The zero-order chi connectivity index (χ0) is 14.7. The van der Waals surface area contributed by atoms with Crippen molar-refractivity contribution in [1.82, 2.24) is 10.2 Å². The van der Waals surface area contributed by atoms with Crippen LogP contribution in [0.2, 0.25) is 10.0 Å². The molecule has 0 spiro atoms. The second kappa shape index (κ2) is 7.30. The number of piperazine rings is 1. The smallest absolute Gasteiger partial charge is 0.0469 e. The van der Waals surface area contributed by atoms with Crippen LogP contribution in [0.25, 0.3) is 0 Å². The van der Waals surface area contributed by atoms with Crippen LogP contribution < -0.4 is 5.32 Å². The predicted molar refractivity (Wildman–Crippen MR) is 87.2 cm³/mol. The Hall–Kier alpha value is -0.320. The second-order valence-electron chi connectivity index (χ2n) is 5.88. The lowest BCUT2D eigenvalue weighted by Crippen LogP contribution is -2.47. The molecule has 21 heavy (non-hydrogen) atoms. The molecule has 5 heteroatoms. The minimum Gasteiger partial charge on any atom is -0.381 e. The Kier molecular flexibility index (Phi) is 5.41. The number of ether oxygens (including phenoxy) is 1. The first kappa shape index (κ1) is 15.6. The highest BCUT2D eigenvalue weighted by Crippen LogP contribution is 2.37. The van der Waals surface area contributed by atoms with Crippen molar-refractivity contribution >= 4 is 23.2 Å². The third-order valence-corrected chi connectivity index (χ3v) is 4.92. The molecule has 1 aromatic rings. The molecule has 3 nitrogen and oxygen atoms in total. The van der Waals surface area contributed by atoms with Gasteiger partial charge in [-0.05, 0) is 42.5 Å². The molecule has 2 heterocycles. The summed E-state index contributed by atoms with van der Waals surface area (Å²) in [6.45, 7) is 5.98. The van der Waals surface area contributed by atoms with Crippen LogP contribution >= 0.6 is 23.2 Å². The van der Waals surface area contributed by atoms with Crippen molar-refractivity contribution in [2.24, 2.45) is 5.92 Å². The molecule has 0 unspecified atom stereocenters. The molecule has 2 aliphatic rings. The molecule has 116 valence electrons. The van der Waals surface area contributed by atoms with Gasteiger partial charge in [-0.2, -0.15) is 0 Å². The van der Waals surface area contributed by atoms with E-state index in [0.717, 1.165) is 62.3 Å². The maximum atomic E-state index is 6.23. The number of hydrogen-bond acceptors (Lipinski definition) is 3. The highest BCUT2D eigenvalue weighted by atomic mass is 35.5. The molecule has 2 aliphatic heterocycles. The lowest BCUT2D eigenvalue weighted by atomic mass is 9.85. The van der Waals surface area contributed by atoms with Crippen molar-refractivity contribution in [1.29, 1.82) is 0 Å². The van der Waals surface area contributed by atoms with Crippen LogP contribution in [0.4, 0.5) is 0 Å². The third kappa shape index (κ3) is 3.91. The van der Waals surface area contributed by atoms with Crippen molar-refractivity contribution in [3.8, 4) is 0 Å². The van der Waals surface area contributed by atoms with Crippen LogP contribution in [0.5, 0.6) is 0 Å². The summed E-state index contributed by atoms with van der Waals surface area (Å²) in [5.74, 6) is 0.617. The van der Waals surface area contributed by atoms with Gasteiger partial charge in [0, 0.05) is 55.5 Å². The number of nitrogens with one attached hydrogen (secondary N) is 1. The molecule has 0 bridgehead atoms. The first-order valence-corrected chi connectivity index (χ1v) is 8.48. The molecule has 2 saturated heterocycles. The lowest BCUT2D eigenvalue weighted by Gasteiger charge is -2.41. The normalized spacial score (nSPS) is 23.1. The molecular formula is C16H22Cl2N2O. The maximum absolute atomic E-state index is 6.23. The molecule has 1 N–H and O–H groups in total. The highest BCUT2D eigenvalue weighted by Gasteiger charge is 2.31. The maximum Gasteiger partial charge on any atom is 0.0469 e. The molecular weight excluding hydrogens is 307 g/mol. The zero-order valence-electron chi connectivity index (χ0n) is 12.2. The summed E-state index contributed by atoms with van der Waals surface area (Å²) in [5, 5.41) is 4.88. The van der Waals surface area contributed by atoms with Crippen LogP contribution in [0.15, 0.2) is 18.2 Å². The van der Waals surface area contributed by atoms with Crippen LogP contribution in [-0.4, -0.2) is 44.3 Å². The number of rotatable bonds is 3. The fourth-order valence-corrected chi connectivity index (χ4v) is 4.06. The standard InChI is InChI=1S/C16H22Cl2N2O/c17-14-9-13(10-15(18)11-14)16(12-1-7-21-8-2-12)20-5-3-19-4-6-20/h9-12,16,19H,1-8H2/t16-/m1/s1. The van der Waals surface area contributed by atoms with Gasteiger partial charge in [-0.1, -0.05) is 23.2 Å². The van der Waals surface area contributed by atoms with Gasteiger partial charge < -0.3 is 10.1 Å². The fraction of sp³-hybridized carbons (Fsp3) is 0.625. The molecule has 1 atom stereocenters. The van der Waals surface area contributed by atoms with E-state index in [9.17, 15) is 0 Å². The van der Waals surface area contributed by atoms with Gasteiger partial charge in [-0.3, -0.25) is 4.90 Å². The molecule has 0 saturated carbocycles. The quantitative estimate of drug-likeness (QED) is 0.920. The van der Waals surface area contributed by atoms with Gasteiger partial charge in [0.15, 0.2) is 0 Å². The summed E-state index contributed by atoms with van der Waals surface area (Å²) < 4.78 is 5.54. The van der Waals surface area contributed by atoms with E-state index in [1.165, 1.54) is 5.56 Å². The van der Waals surface area contributed by atoms with Crippen molar-refractivity contribution in [3.63, 3.8) is 0 Å². The van der Waals surface area contributed by atoms with Gasteiger partial charge in [0.05, 0.1) is 0 Å². The summed E-state index contributed by atoms with van der Waals surface area (Å²) >= 11 is 12.5. The SMILES string of the molecule is Clc1cc(Cl)cc([C@@H](C2CCOCC2)N2CCNCC2)c1. The van der Waals surface area contributed by atoms with E-state index in [0.29, 0.717) is 12.0 Å². The minimum atomic E-state index is 0.396. The van der Waals surface area contributed by atoms with Gasteiger partial charge in [-0.25, -0.2) is 0 Å². The Morgan fingerprint density at radius 3 is 2.29 bits per heavy atom. The summed E-state index contributed by atoms with van der Waals surface area (Å²) in [5.41, 5.74) is 1.25. The van der Waals surface area contributed by atoms with Crippen molar-refractivity contribution in [2.75, 3.05) is 39.4 Å². The molecule has 1 aromatic carbocycles. The highest BCUT2D eigenvalue weighted by molar-refractivity contribution is 6.34. The Bertz CT molecular complexity index is 433. The zero-order valence-corrected chi connectivity index (χ0v) is 13.7. The van der Waals surface area contributed by atoms with E-state index in [2.05, 4.69) is 22.3 Å². The number of hydrogen-bond donors (Lipinski definition) is 1. The van der Waals surface area contributed by atoms with Crippen molar-refractivity contribution in [2.45, 2.75) is 18.9 Å².